The summed E-state index contributed by atoms with van der Waals surface area (Å²) in [5.74, 6) is 0. The molecule has 0 fully saturated rings. The molecule has 0 aromatic carbocycles. The Hall–Kier alpha value is -1.03. The normalized spacial score (nSPS) is 30.3. The van der Waals surface area contributed by atoms with E-state index in [4.69, 9.17) is 5.53 Å². The van der Waals surface area contributed by atoms with E-state index in [1.165, 1.54) is 0 Å². The number of unbranched alkanes of at least 4 members (excludes halogenated alkanes) is 1. The Kier molecular flexibility index (Phi) is 4.46. The van der Waals surface area contributed by atoms with Crippen LogP contribution in [0, 0.1) is 0 Å². The molecule has 0 amide bonds. The lowest BCUT2D eigenvalue weighted by Gasteiger charge is -2.20. The van der Waals surface area contributed by atoms with Crippen LogP contribution in [0.15, 0.2) is 17.3 Å². The van der Waals surface area contributed by atoms with Crippen molar-refractivity contribution in [3.63, 3.8) is 0 Å². The van der Waals surface area contributed by atoms with Crippen LogP contribution in [-0.4, -0.2) is 29.8 Å². The van der Waals surface area contributed by atoms with Crippen LogP contribution in [0.2, 0.25) is 0 Å². The van der Waals surface area contributed by atoms with Crippen molar-refractivity contribution in [2.45, 2.75) is 38.0 Å². The first kappa shape index (κ1) is 11.0. The van der Waals surface area contributed by atoms with Crippen LogP contribution in [0.25, 0.3) is 10.4 Å². The van der Waals surface area contributed by atoms with Crippen molar-refractivity contribution >= 4 is 0 Å². The van der Waals surface area contributed by atoms with Crippen molar-refractivity contribution in [2.75, 3.05) is 6.54 Å². The third-order valence-corrected chi connectivity index (χ3v) is 2.34. The highest BCUT2D eigenvalue weighted by molar-refractivity contribution is 5.15. The fourth-order valence-electron chi connectivity index (χ4n) is 1.53. The van der Waals surface area contributed by atoms with Crippen LogP contribution in [0.4, 0.5) is 0 Å². The van der Waals surface area contributed by atoms with Crippen molar-refractivity contribution in [1.29, 1.82) is 0 Å². The molecule has 14 heavy (non-hydrogen) atoms. The van der Waals surface area contributed by atoms with Gasteiger partial charge in [0.05, 0.1) is 12.1 Å². The lowest BCUT2D eigenvalue weighted by molar-refractivity contribution is 0.176. The number of nitrogens with zero attached hydrogens (tertiary/aromatic N) is 3. The zero-order chi connectivity index (χ0) is 10.4. The Morgan fingerprint density at radius 1 is 1.57 bits per heavy atom. The van der Waals surface area contributed by atoms with Gasteiger partial charge in [-0.2, -0.15) is 0 Å². The lowest BCUT2D eigenvalue weighted by Crippen LogP contribution is -2.43. The fourth-order valence-corrected chi connectivity index (χ4v) is 1.53. The Morgan fingerprint density at radius 2 is 2.36 bits per heavy atom. The monoisotopic (exact) mass is 196 g/mol. The molecule has 5 heteroatoms. The minimum atomic E-state index is -0.539. The standard InChI is InChI=1S/C9H16N4O/c1-2-3-6-11-9-7(12-13-10)4-5-8(9)14/h4-5,7-9,11,14H,2-3,6H2,1H3/t7-,8+,9+/m1/s1. The fraction of sp³-hybridized carbons (Fsp3) is 0.778. The number of rotatable bonds is 5. The van der Waals surface area contributed by atoms with Crippen molar-refractivity contribution in [2.24, 2.45) is 5.11 Å². The number of hydrogen-bond donors (Lipinski definition) is 2. The lowest BCUT2D eigenvalue weighted by atomic mass is 10.1. The number of aliphatic hydroxyl groups is 1. The average Bonchev–Trinajstić information content (AvgIpc) is 2.50. The van der Waals surface area contributed by atoms with Crippen LogP contribution in [0.3, 0.4) is 0 Å². The topological polar surface area (TPSA) is 81.0 Å². The first-order valence-electron chi connectivity index (χ1n) is 4.93. The molecule has 0 unspecified atom stereocenters. The van der Waals surface area contributed by atoms with Crippen LogP contribution in [-0.2, 0) is 0 Å². The highest BCUT2D eigenvalue weighted by atomic mass is 16.3. The zero-order valence-corrected chi connectivity index (χ0v) is 8.30. The smallest absolute Gasteiger partial charge is 0.0881 e. The second-order valence-electron chi connectivity index (χ2n) is 3.40. The van der Waals surface area contributed by atoms with Gasteiger partial charge in [-0.15, -0.1) is 0 Å². The maximum Gasteiger partial charge on any atom is 0.0881 e. The van der Waals surface area contributed by atoms with Crippen molar-refractivity contribution in [1.82, 2.24) is 5.32 Å². The van der Waals surface area contributed by atoms with Gasteiger partial charge in [-0.3, -0.25) is 0 Å². The van der Waals surface area contributed by atoms with E-state index in [0.717, 1.165) is 19.4 Å². The molecule has 78 valence electrons. The number of nitrogens with one attached hydrogen (secondary N) is 1. The molecule has 0 aromatic heterocycles. The predicted octanol–water partition coefficient (Wildman–Crippen LogP) is 1.35. The molecular weight excluding hydrogens is 180 g/mol. The summed E-state index contributed by atoms with van der Waals surface area (Å²) in [7, 11) is 0. The minimum Gasteiger partial charge on any atom is -0.387 e. The largest absolute Gasteiger partial charge is 0.387 e. The number of hydrogen-bond acceptors (Lipinski definition) is 3. The summed E-state index contributed by atoms with van der Waals surface area (Å²) in [4.78, 5) is 2.75. The van der Waals surface area contributed by atoms with Crippen LogP contribution >= 0.6 is 0 Å². The van der Waals surface area contributed by atoms with E-state index in [-0.39, 0.29) is 12.1 Å². The summed E-state index contributed by atoms with van der Waals surface area (Å²) in [6.07, 6.45) is 5.04. The molecule has 0 bridgehead atoms. The van der Waals surface area contributed by atoms with E-state index in [2.05, 4.69) is 22.3 Å². The van der Waals surface area contributed by atoms with Gasteiger partial charge in [0.2, 0.25) is 0 Å². The average molecular weight is 196 g/mol. The molecule has 2 N–H and O–H groups in total. The predicted molar refractivity (Wildman–Crippen MR) is 54.8 cm³/mol. The Bertz CT molecular complexity index is 247. The molecule has 3 atom stereocenters. The molecule has 5 nitrogen and oxygen atoms in total. The van der Waals surface area contributed by atoms with Crippen molar-refractivity contribution in [3.8, 4) is 0 Å². The molecular formula is C9H16N4O. The Morgan fingerprint density at radius 3 is 3.00 bits per heavy atom. The van der Waals surface area contributed by atoms with E-state index in [9.17, 15) is 5.11 Å². The van der Waals surface area contributed by atoms with E-state index in [1.54, 1.807) is 12.2 Å². The van der Waals surface area contributed by atoms with Gasteiger partial charge in [0.1, 0.15) is 0 Å². The van der Waals surface area contributed by atoms with Gasteiger partial charge < -0.3 is 10.4 Å². The maximum atomic E-state index is 9.55. The van der Waals surface area contributed by atoms with E-state index >= 15 is 0 Å². The van der Waals surface area contributed by atoms with Gasteiger partial charge in [0.15, 0.2) is 0 Å². The molecule has 0 aromatic rings. The molecule has 1 aliphatic carbocycles. The van der Waals surface area contributed by atoms with Gasteiger partial charge >= 0.3 is 0 Å². The molecule has 0 radical (unpaired) electrons. The first-order chi connectivity index (χ1) is 6.79. The molecule has 0 heterocycles. The van der Waals surface area contributed by atoms with Gasteiger partial charge in [0.25, 0.3) is 0 Å². The number of azide groups is 1. The Balaban J connectivity index is 2.43. The summed E-state index contributed by atoms with van der Waals surface area (Å²) in [6.45, 7) is 2.95. The van der Waals surface area contributed by atoms with Crippen molar-refractivity contribution in [3.05, 3.63) is 22.6 Å². The van der Waals surface area contributed by atoms with E-state index in [0.29, 0.717) is 0 Å². The number of aliphatic hydroxyl groups excluding tert-OH is 1. The van der Waals surface area contributed by atoms with Gasteiger partial charge in [-0.1, -0.05) is 30.6 Å². The third kappa shape index (κ3) is 2.73. The van der Waals surface area contributed by atoms with Crippen LogP contribution in [0.1, 0.15) is 19.8 Å². The van der Waals surface area contributed by atoms with Crippen LogP contribution < -0.4 is 5.32 Å². The van der Waals surface area contributed by atoms with Crippen molar-refractivity contribution < 1.29 is 5.11 Å². The first-order valence-corrected chi connectivity index (χ1v) is 4.93. The molecule has 0 spiro atoms. The van der Waals surface area contributed by atoms with Crippen LogP contribution in [0.5, 0.6) is 0 Å². The summed E-state index contributed by atoms with van der Waals surface area (Å²) >= 11 is 0. The van der Waals surface area contributed by atoms with E-state index in [1.807, 2.05) is 0 Å². The summed E-state index contributed by atoms with van der Waals surface area (Å²) < 4.78 is 0. The van der Waals surface area contributed by atoms with Gasteiger partial charge in [0, 0.05) is 11.0 Å². The molecule has 0 saturated heterocycles. The molecule has 1 aliphatic rings. The van der Waals surface area contributed by atoms with Gasteiger partial charge in [-0.25, -0.2) is 0 Å². The summed E-state index contributed by atoms with van der Waals surface area (Å²) in [6, 6.07) is -0.413. The second-order valence-corrected chi connectivity index (χ2v) is 3.40. The van der Waals surface area contributed by atoms with E-state index < -0.39 is 6.10 Å². The maximum absolute atomic E-state index is 9.55. The second kappa shape index (κ2) is 5.65. The van der Waals surface area contributed by atoms with Gasteiger partial charge in [-0.05, 0) is 18.5 Å². The quantitative estimate of drug-likeness (QED) is 0.229. The third-order valence-electron chi connectivity index (χ3n) is 2.34. The molecule has 1 rings (SSSR count). The zero-order valence-electron chi connectivity index (χ0n) is 8.30. The Labute approximate surface area is 83.4 Å². The molecule has 0 aliphatic heterocycles. The summed E-state index contributed by atoms with van der Waals surface area (Å²) in [5, 5.41) is 16.3. The highest BCUT2D eigenvalue weighted by Gasteiger charge is 2.28. The highest BCUT2D eigenvalue weighted by Crippen LogP contribution is 2.15. The molecule has 0 saturated carbocycles. The SMILES string of the molecule is CCCCN[C@@H]1[C@@H](O)C=C[C@H]1N=[N+]=[N-]. The summed E-state index contributed by atoms with van der Waals surface area (Å²) in [5.41, 5.74) is 8.32. The minimum absolute atomic E-state index is 0.155.